The van der Waals surface area contributed by atoms with Crippen LogP contribution in [0.4, 0.5) is 11.8 Å². The van der Waals surface area contributed by atoms with Crippen LogP contribution in [0.15, 0.2) is 55.0 Å². The maximum absolute atomic E-state index is 5.88. The highest BCUT2D eigenvalue weighted by atomic mass is 16.5. The van der Waals surface area contributed by atoms with Gasteiger partial charge in [0.2, 0.25) is 5.95 Å². The fourth-order valence-corrected chi connectivity index (χ4v) is 4.10. The van der Waals surface area contributed by atoms with E-state index in [-0.39, 0.29) is 6.10 Å². The summed E-state index contributed by atoms with van der Waals surface area (Å²) in [6.45, 7) is 7.65. The lowest BCUT2D eigenvalue weighted by molar-refractivity contribution is 0.243. The van der Waals surface area contributed by atoms with Crippen LogP contribution in [-0.2, 0) is 0 Å². The summed E-state index contributed by atoms with van der Waals surface area (Å²) in [6, 6.07) is 12.0. The van der Waals surface area contributed by atoms with Crippen molar-refractivity contribution in [1.82, 2.24) is 25.1 Å². The number of aromatic nitrogens is 5. The first-order chi connectivity index (χ1) is 15.7. The molecule has 0 bridgehead atoms. The number of pyridine rings is 1. The SMILES string of the molecule is CC(C)Oc1ccc2[nH]nc(-c3ccnc(N4CCCN(c5ncccn5)CC4)c3)c2c1. The Hall–Kier alpha value is -3.68. The number of H-pyrrole nitrogens is 1. The Bertz CT molecular complexity index is 1190. The lowest BCUT2D eigenvalue weighted by Gasteiger charge is -2.23. The summed E-state index contributed by atoms with van der Waals surface area (Å²) in [5, 5.41) is 8.78. The van der Waals surface area contributed by atoms with Crippen LogP contribution in [0.3, 0.4) is 0 Å². The van der Waals surface area contributed by atoms with Gasteiger partial charge in [-0.1, -0.05) is 0 Å². The normalized spacial score (nSPS) is 14.7. The first-order valence-corrected chi connectivity index (χ1v) is 11.1. The number of hydrogen-bond acceptors (Lipinski definition) is 7. The van der Waals surface area contributed by atoms with Gasteiger partial charge in [0.15, 0.2) is 0 Å². The minimum absolute atomic E-state index is 0.124. The average molecular weight is 430 g/mol. The molecule has 0 aliphatic carbocycles. The molecule has 4 aromatic rings. The van der Waals surface area contributed by atoms with Crippen molar-refractivity contribution in [3.8, 4) is 17.0 Å². The number of ether oxygens (including phenoxy) is 1. The van der Waals surface area contributed by atoms with Gasteiger partial charge in [0, 0.05) is 55.7 Å². The molecule has 1 N–H and O–H groups in total. The predicted octanol–water partition coefficient (Wildman–Crippen LogP) is 3.92. The summed E-state index contributed by atoms with van der Waals surface area (Å²) in [5.74, 6) is 2.60. The van der Waals surface area contributed by atoms with E-state index in [4.69, 9.17) is 4.74 Å². The van der Waals surface area contributed by atoms with Crippen molar-refractivity contribution in [2.45, 2.75) is 26.4 Å². The van der Waals surface area contributed by atoms with Crippen molar-refractivity contribution in [2.24, 2.45) is 0 Å². The van der Waals surface area contributed by atoms with Crippen molar-refractivity contribution >= 4 is 22.7 Å². The van der Waals surface area contributed by atoms with Crippen LogP contribution in [0.2, 0.25) is 0 Å². The van der Waals surface area contributed by atoms with Crippen molar-refractivity contribution in [1.29, 1.82) is 0 Å². The van der Waals surface area contributed by atoms with Gasteiger partial charge in [0.25, 0.3) is 0 Å². The third kappa shape index (κ3) is 4.21. The number of nitrogens with one attached hydrogen (secondary N) is 1. The largest absolute Gasteiger partial charge is 0.491 e. The summed E-state index contributed by atoms with van der Waals surface area (Å²) in [5.41, 5.74) is 2.94. The highest BCUT2D eigenvalue weighted by molar-refractivity contribution is 5.94. The standard InChI is InChI=1S/C24H27N7O/c1-17(2)32-19-5-6-21-20(16-19)23(29-28-21)18-7-10-25-22(15-18)30-11-4-12-31(14-13-30)24-26-8-3-9-27-24/h3,5-10,15-17H,4,11-14H2,1-2H3,(H,28,29). The smallest absolute Gasteiger partial charge is 0.225 e. The van der Waals surface area contributed by atoms with Gasteiger partial charge in [0.1, 0.15) is 17.3 Å². The van der Waals surface area contributed by atoms with Crippen molar-refractivity contribution < 1.29 is 4.74 Å². The zero-order valence-corrected chi connectivity index (χ0v) is 18.4. The molecule has 164 valence electrons. The Balaban J connectivity index is 1.39. The molecule has 1 fully saturated rings. The fourth-order valence-electron chi connectivity index (χ4n) is 4.10. The van der Waals surface area contributed by atoms with E-state index in [9.17, 15) is 0 Å². The second kappa shape index (κ2) is 8.82. The summed E-state index contributed by atoms with van der Waals surface area (Å²) >= 11 is 0. The molecule has 0 radical (unpaired) electrons. The molecule has 4 heterocycles. The zero-order valence-electron chi connectivity index (χ0n) is 18.4. The molecule has 1 saturated heterocycles. The summed E-state index contributed by atoms with van der Waals surface area (Å²) < 4.78 is 5.88. The number of rotatable bonds is 5. The third-order valence-corrected chi connectivity index (χ3v) is 5.58. The minimum atomic E-state index is 0.124. The lowest BCUT2D eigenvalue weighted by atomic mass is 10.1. The molecule has 1 aromatic carbocycles. The molecule has 8 heteroatoms. The molecule has 0 saturated carbocycles. The topological polar surface area (TPSA) is 83.1 Å². The van der Waals surface area contributed by atoms with E-state index in [1.807, 2.05) is 44.3 Å². The van der Waals surface area contributed by atoms with Crippen LogP contribution in [0.1, 0.15) is 20.3 Å². The van der Waals surface area contributed by atoms with E-state index in [1.54, 1.807) is 12.4 Å². The number of benzene rings is 1. The summed E-state index contributed by atoms with van der Waals surface area (Å²) in [6.07, 6.45) is 6.59. The molecular formula is C24H27N7O. The van der Waals surface area contributed by atoms with E-state index in [0.29, 0.717) is 0 Å². The van der Waals surface area contributed by atoms with E-state index >= 15 is 0 Å². The Morgan fingerprint density at radius 3 is 2.56 bits per heavy atom. The van der Waals surface area contributed by atoms with Crippen LogP contribution >= 0.6 is 0 Å². The second-order valence-corrected chi connectivity index (χ2v) is 8.23. The van der Waals surface area contributed by atoms with Crippen molar-refractivity contribution in [2.75, 3.05) is 36.0 Å². The van der Waals surface area contributed by atoms with Gasteiger partial charge < -0.3 is 14.5 Å². The molecule has 0 amide bonds. The van der Waals surface area contributed by atoms with Gasteiger partial charge in [-0.05, 0) is 56.7 Å². The lowest BCUT2D eigenvalue weighted by Crippen LogP contribution is -2.32. The van der Waals surface area contributed by atoms with Crippen molar-refractivity contribution in [3.63, 3.8) is 0 Å². The quantitative estimate of drug-likeness (QED) is 0.515. The van der Waals surface area contributed by atoms with Gasteiger partial charge in [-0.2, -0.15) is 5.10 Å². The van der Waals surface area contributed by atoms with E-state index < -0.39 is 0 Å². The zero-order chi connectivity index (χ0) is 21.9. The second-order valence-electron chi connectivity index (χ2n) is 8.23. The van der Waals surface area contributed by atoms with Crippen LogP contribution in [0.25, 0.3) is 22.2 Å². The predicted molar refractivity (Wildman–Crippen MR) is 126 cm³/mol. The molecule has 32 heavy (non-hydrogen) atoms. The minimum Gasteiger partial charge on any atom is -0.491 e. The maximum atomic E-state index is 5.88. The fraction of sp³-hybridized carbons (Fsp3) is 0.333. The number of aromatic amines is 1. The van der Waals surface area contributed by atoms with E-state index in [1.165, 1.54) is 0 Å². The molecule has 8 nitrogen and oxygen atoms in total. The molecule has 5 rings (SSSR count). The average Bonchev–Trinajstić information content (AvgIpc) is 3.07. The van der Waals surface area contributed by atoms with Crippen LogP contribution < -0.4 is 14.5 Å². The Morgan fingerprint density at radius 2 is 1.72 bits per heavy atom. The summed E-state index contributed by atoms with van der Waals surface area (Å²) in [4.78, 5) is 18.0. The number of hydrogen-bond donors (Lipinski definition) is 1. The Morgan fingerprint density at radius 1 is 0.906 bits per heavy atom. The van der Waals surface area contributed by atoms with Crippen LogP contribution in [0.5, 0.6) is 5.75 Å². The molecule has 0 spiro atoms. The van der Waals surface area contributed by atoms with Gasteiger partial charge in [-0.25, -0.2) is 15.0 Å². The Kier molecular flexibility index (Phi) is 5.58. The van der Waals surface area contributed by atoms with E-state index in [2.05, 4.69) is 47.1 Å². The van der Waals surface area contributed by atoms with Crippen LogP contribution in [-0.4, -0.2) is 57.4 Å². The van der Waals surface area contributed by atoms with Gasteiger partial charge in [-0.15, -0.1) is 0 Å². The third-order valence-electron chi connectivity index (χ3n) is 5.58. The molecular weight excluding hydrogens is 402 g/mol. The number of fused-ring (bicyclic) bond motifs is 1. The summed E-state index contributed by atoms with van der Waals surface area (Å²) in [7, 11) is 0. The van der Waals surface area contributed by atoms with Crippen LogP contribution in [0, 0.1) is 0 Å². The Labute approximate surface area is 187 Å². The molecule has 1 aliphatic rings. The number of nitrogens with zero attached hydrogens (tertiary/aromatic N) is 6. The van der Waals surface area contributed by atoms with E-state index in [0.717, 1.165) is 72.3 Å². The monoisotopic (exact) mass is 429 g/mol. The molecule has 3 aromatic heterocycles. The first kappa shape index (κ1) is 20.2. The van der Waals surface area contributed by atoms with Gasteiger partial charge >= 0.3 is 0 Å². The molecule has 0 unspecified atom stereocenters. The first-order valence-electron chi connectivity index (χ1n) is 11.1. The van der Waals surface area contributed by atoms with Gasteiger partial charge in [0.05, 0.1) is 11.6 Å². The molecule has 0 atom stereocenters. The van der Waals surface area contributed by atoms with Crippen molar-refractivity contribution in [3.05, 3.63) is 55.0 Å². The highest BCUT2D eigenvalue weighted by Crippen LogP contribution is 2.31. The number of anilines is 2. The van der Waals surface area contributed by atoms with Gasteiger partial charge in [-0.3, -0.25) is 5.10 Å². The maximum Gasteiger partial charge on any atom is 0.225 e. The molecule has 1 aliphatic heterocycles. The highest BCUT2D eigenvalue weighted by Gasteiger charge is 2.19.